The average Bonchev–Trinajstić information content (AvgIpc) is 2.40. The molecule has 2 N–H and O–H groups in total. The molecule has 1 aromatic rings. The van der Waals surface area contributed by atoms with Crippen LogP contribution in [0.25, 0.3) is 0 Å². The van der Waals surface area contributed by atoms with Crippen molar-refractivity contribution in [3.63, 3.8) is 0 Å². The fourth-order valence-electron chi connectivity index (χ4n) is 2.87. The molecule has 0 bridgehead atoms. The number of urea groups is 1. The summed E-state index contributed by atoms with van der Waals surface area (Å²) in [6.07, 6.45) is 4.32. The molecule has 114 valence electrons. The van der Waals surface area contributed by atoms with Crippen LogP contribution in [0, 0.1) is 23.0 Å². The molecular weight excluding hydrogens is 270 g/mol. The van der Waals surface area contributed by atoms with Gasteiger partial charge in [-0.2, -0.15) is 0 Å². The van der Waals surface area contributed by atoms with Gasteiger partial charge in [0, 0.05) is 12.1 Å². The van der Waals surface area contributed by atoms with Gasteiger partial charge in [0.25, 0.3) is 5.69 Å². The van der Waals surface area contributed by atoms with Gasteiger partial charge < -0.3 is 10.6 Å². The van der Waals surface area contributed by atoms with Crippen LogP contribution in [0.1, 0.15) is 38.2 Å². The molecule has 0 aliphatic heterocycles. The van der Waals surface area contributed by atoms with Gasteiger partial charge >= 0.3 is 6.03 Å². The van der Waals surface area contributed by atoms with E-state index in [4.69, 9.17) is 0 Å². The molecule has 1 fully saturated rings. The van der Waals surface area contributed by atoms with E-state index in [1.807, 2.05) is 0 Å². The summed E-state index contributed by atoms with van der Waals surface area (Å²) >= 11 is 0. The normalized spacial score (nSPS) is 21.6. The minimum atomic E-state index is -0.443. The molecule has 6 heteroatoms. The Bertz CT molecular complexity index is 545. The molecule has 2 amide bonds. The van der Waals surface area contributed by atoms with Gasteiger partial charge in [-0.05, 0) is 31.7 Å². The van der Waals surface area contributed by atoms with E-state index < -0.39 is 4.92 Å². The number of carbonyl (C=O) groups is 1. The third kappa shape index (κ3) is 3.93. The van der Waals surface area contributed by atoms with Crippen molar-refractivity contribution in [2.24, 2.45) is 5.92 Å². The number of amides is 2. The molecule has 2 unspecified atom stereocenters. The standard InChI is InChI=1S/C15H21N3O3/c1-10-5-3-6-12(9-10)16-15(19)17-13-7-4-8-14(11(13)2)18(20)21/h4,7-8,10,12H,3,5-6,9H2,1-2H3,(H2,16,17,19). The van der Waals surface area contributed by atoms with Gasteiger partial charge in [0.1, 0.15) is 0 Å². The zero-order valence-electron chi connectivity index (χ0n) is 12.4. The summed E-state index contributed by atoms with van der Waals surface area (Å²) in [5.74, 6) is 0.628. The van der Waals surface area contributed by atoms with Crippen molar-refractivity contribution in [2.45, 2.75) is 45.6 Å². The van der Waals surface area contributed by atoms with Crippen molar-refractivity contribution in [2.75, 3.05) is 5.32 Å². The van der Waals surface area contributed by atoms with Gasteiger partial charge in [-0.3, -0.25) is 10.1 Å². The summed E-state index contributed by atoms with van der Waals surface area (Å²) < 4.78 is 0. The van der Waals surface area contributed by atoms with Crippen LogP contribution in [0.4, 0.5) is 16.2 Å². The van der Waals surface area contributed by atoms with Gasteiger partial charge in [-0.1, -0.05) is 25.8 Å². The Kier molecular flexibility index (Phi) is 4.77. The molecule has 1 aliphatic carbocycles. The highest BCUT2D eigenvalue weighted by molar-refractivity contribution is 5.90. The Hall–Kier alpha value is -2.11. The molecule has 21 heavy (non-hydrogen) atoms. The molecule has 1 aromatic carbocycles. The first-order chi connectivity index (χ1) is 9.97. The number of nitrogens with zero attached hydrogens (tertiary/aromatic N) is 1. The van der Waals surface area contributed by atoms with E-state index >= 15 is 0 Å². The van der Waals surface area contributed by atoms with Crippen LogP contribution in [0.2, 0.25) is 0 Å². The number of hydrogen-bond donors (Lipinski definition) is 2. The largest absolute Gasteiger partial charge is 0.335 e. The lowest BCUT2D eigenvalue weighted by atomic mass is 9.87. The lowest BCUT2D eigenvalue weighted by Gasteiger charge is -2.27. The van der Waals surface area contributed by atoms with Crippen molar-refractivity contribution in [3.05, 3.63) is 33.9 Å². The van der Waals surface area contributed by atoms with Gasteiger partial charge in [-0.15, -0.1) is 0 Å². The van der Waals surface area contributed by atoms with Crippen molar-refractivity contribution < 1.29 is 9.72 Å². The number of nitro benzene ring substituents is 1. The average molecular weight is 291 g/mol. The highest BCUT2D eigenvalue weighted by atomic mass is 16.6. The zero-order chi connectivity index (χ0) is 15.4. The minimum absolute atomic E-state index is 0.0130. The highest BCUT2D eigenvalue weighted by Crippen LogP contribution is 2.26. The van der Waals surface area contributed by atoms with E-state index in [1.165, 1.54) is 12.5 Å². The maximum Gasteiger partial charge on any atom is 0.319 e. The smallest absolute Gasteiger partial charge is 0.319 e. The molecule has 0 radical (unpaired) electrons. The van der Waals surface area contributed by atoms with E-state index in [9.17, 15) is 14.9 Å². The van der Waals surface area contributed by atoms with Crippen LogP contribution in [0.5, 0.6) is 0 Å². The topological polar surface area (TPSA) is 84.3 Å². The third-order valence-electron chi connectivity index (χ3n) is 4.02. The van der Waals surface area contributed by atoms with Crippen LogP contribution in [-0.2, 0) is 0 Å². The lowest BCUT2D eigenvalue weighted by molar-refractivity contribution is -0.385. The van der Waals surface area contributed by atoms with Crippen LogP contribution in [0.15, 0.2) is 18.2 Å². The van der Waals surface area contributed by atoms with Gasteiger partial charge in [-0.25, -0.2) is 4.79 Å². The van der Waals surface area contributed by atoms with Gasteiger partial charge in [0.2, 0.25) is 0 Å². The van der Waals surface area contributed by atoms with Crippen LogP contribution in [0.3, 0.4) is 0 Å². The Labute approximate surface area is 124 Å². The predicted molar refractivity (Wildman–Crippen MR) is 81.4 cm³/mol. The lowest BCUT2D eigenvalue weighted by Crippen LogP contribution is -2.40. The maximum absolute atomic E-state index is 12.0. The highest BCUT2D eigenvalue weighted by Gasteiger charge is 2.21. The molecule has 0 heterocycles. The van der Waals surface area contributed by atoms with Crippen molar-refractivity contribution in [1.29, 1.82) is 0 Å². The molecule has 0 aromatic heterocycles. The molecule has 6 nitrogen and oxygen atoms in total. The van der Waals surface area contributed by atoms with Crippen molar-refractivity contribution in [3.8, 4) is 0 Å². The van der Waals surface area contributed by atoms with E-state index in [0.717, 1.165) is 19.3 Å². The second-order valence-corrected chi connectivity index (χ2v) is 5.77. The number of carbonyl (C=O) groups excluding carboxylic acids is 1. The number of benzene rings is 1. The molecule has 0 spiro atoms. The van der Waals surface area contributed by atoms with Crippen LogP contribution in [-0.4, -0.2) is 17.0 Å². The maximum atomic E-state index is 12.0. The molecule has 2 rings (SSSR count). The fourth-order valence-corrected chi connectivity index (χ4v) is 2.87. The number of nitro groups is 1. The Morgan fingerprint density at radius 1 is 1.38 bits per heavy atom. The SMILES string of the molecule is Cc1c(NC(=O)NC2CCCC(C)C2)cccc1[N+](=O)[O-]. The quantitative estimate of drug-likeness (QED) is 0.659. The van der Waals surface area contributed by atoms with E-state index in [1.54, 1.807) is 19.1 Å². The number of rotatable bonds is 3. The first-order valence-corrected chi connectivity index (χ1v) is 7.29. The summed E-state index contributed by atoms with van der Waals surface area (Å²) in [7, 11) is 0. The van der Waals surface area contributed by atoms with Crippen molar-refractivity contribution in [1.82, 2.24) is 5.32 Å². The number of nitrogens with one attached hydrogen (secondary N) is 2. The molecule has 0 saturated heterocycles. The Balaban J connectivity index is 1.99. The monoisotopic (exact) mass is 291 g/mol. The van der Waals surface area contributed by atoms with Gasteiger partial charge in [0.15, 0.2) is 0 Å². The third-order valence-corrected chi connectivity index (χ3v) is 4.02. The second kappa shape index (κ2) is 6.56. The summed E-state index contributed by atoms with van der Waals surface area (Å²) in [5, 5.41) is 16.6. The fraction of sp³-hybridized carbons (Fsp3) is 0.533. The summed E-state index contributed by atoms with van der Waals surface area (Å²) in [6.45, 7) is 3.83. The summed E-state index contributed by atoms with van der Waals surface area (Å²) in [5.41, 5.74) is 0.958. The molecule has 1 saturated carbocycles. The van der Waals surface area contributed by atoms with Crippen molar-refractivity contribution >= 4 is 17.4 Å². The van der Waals surface area contributed by atoms with Crippen LogP contribution >= 0.6 is 0 Å². The van der Waals surface area contributed by atoms with E-state index in [-0.39, 0.29) is 17.8 Å². The van der Waals surface area contributed by atoms with Gasteiger partial charge in [0.05, 0.1) is 16.2 Å². The zero-order valence-corrected chi connectivity index (χ0v) is 12.4. The summed E-state index contributed by atoms with van der Waals surface area (Å²) in [6, 6.07) is 4.57. The van der Waals surface area contributed by atoms with Crippen LogP contribution < -0.4 is 10.6 Å². The van der Waals surface area contributed by atoms with E-state index in [2.05, 4.69) is 17.6 Å². The number of hydrogen-bond acceptors (Lipinski definition) is 3. The minimum Gasteiger partial charge on any atom is -0.335 e. The number of anilines is 1. The van der Waals surface area contributed by atoms with E-state index in [0.29, 0.717) is 17.2 Å². The first-order valence-electron chi connectivity index (χ1n) is 7.29. The Morgan fingerprint density at radius 3 is 2.81 bits per heavy atom. The Morgan fingerprint density at radius 2 is 2.14 bits per heavy atom. The molecule has 1 aliphatic rings. The molecule has 2 atom stereocenters. The second-order valence-electron chi connectivity index (χ2n) is 5.77. The predicted octanol–water partition coefficient (Wildman–Crippen LogP) is 3.60. The summed E-state index contributed by atoms with van der Waals surface area (Å²) in [4.78, 5) is 22.5. The molecular formula is C15H21N3O3. The first kappa shape index (κ1) is 15.3.